The number of carbonyl (C=O) groups is 1. The molecule has 1 aliphatic rings. The number of hydrogen-bond acceptors (Lipinski definition) is 2. The van der Waals surface area contributed by atoms with Crippen molar-refractivity contribution in [3.05, 3.63) is 12.3 Å². The molecule has 5 heteroatoms. The summed E-state index contributed by atoms with van der Waals surface area (Å²) >= 11 is 0. The van der Waals surface area contributed by atoms with Crippen molar-refractivity contribution in [1.82, 2.24) is 14.7 Å². The lowest BCUT2D eigenvalue weighted by Crippen LogP contribution is -2.50. The van der Waals surface area contributed by atoms with Crippen molar-refractivity contribution in [2.24, 2.45) is 11.8 Å². The van der Waals surface area contributed by atoms with E-state index in [1.54, 1.807) is 6.20 Å². The van der Waals surface area contributed by atoms with Gasteiger partial charge in [-0.3, -0.25) is 5.32 Å². The molecule has 106 valence electrons. The van der Waals surface area contributed by atoms with Gasteiger partial charge in [0, 0.05) is 19.2 Å². The normalized spacial score (nSPS) is 17.4. The van der Waals surface area contributed by atoms with E-state index >= 15 is 0 Å². The van der Waals surface area contributed by atoms with E-state index in [2.05, 4.69) is 38.1 Å². The van der Waals surface area contributed by atoms with Gasteiger partial charge >= 0.3 is 6.03 Å². The Labute approximate surface area is 115 Å². The highest BCUT2D eigenvalue weighted by Crippen LogP contribution is 2.22. The monoisotopic (exact) mass is 264 g/mol. The third-order valence-electron chi connectivity index (χ3n) is 3.49. The molecule has 0 spiro atoms. The highest BCUT2D eigenvalue weighted by Gasteiger charge is 2.27. The van der Waals surface area contributed by atoms with Gasteiger partial charge in [0.05, 0.1) is 12.2 Å². The molecule has 1 aliphatic heterocycles. The second kappa shape index (κ2) is 5.63. The molecule has 19 heavy (non-hydrogen) atoms. The SMILES string of the molecule is CC(C)CC(C)n1nccc1NC(=O)N1CC(C)C1. The van der Waals surface area contributed by atoms with Gasteiger partial charge in [-0.15, -0.1) is 0 Å². The van der Waals surface area contributed by atoms with Crippen LogP contribution in [-0.4, -0.2) is 33.8 Å². The maximum Gasteiger partial charge on any atom is 0.323 e. The van der Waals surface area contributed by atoms with E-state index in [4.69, 9.17) is 0 Å². The molecule has 2 heterocycles. The van der Waals surface area contributed by atoms with Gasteiger partial charge in [-0.05, 0) is 25.2 Å². The molecule has 1 aromatic heterocycles. The van der Waals surface area contributed by atoms with Crippen LogP contribution in [0.2, 0.25) is 0 Å². The Morgan fingerprint density at radius 3 is 2.74 bits per heavy atom. The average molecular weight is 264 g/mol. The Balaban J connectivity index is 1.97. The fourth-order valence-electron chi connectivity index (χ4n) is 2.60. The Hall–Kier alpha value is -1.52. The zero-order valence-electron chi connectivity index (χ0n) is 12.3. The van der Waals surface area contributed by atoms with E-state index < -0.39 is 0 Å². The summed E-state index contributed by atoms with van der Waals surface area (Å²) in [6, 6.07) is 2.13. The topological polar surface area (TPSA) is 50.2 Å². The molecule has 5 nitrogen and oxygen atoms in total. The molecule has 0 saturated carbocycles. The van der Waals surface area contributed by atoms with Gasteiger partial charge in [-0.25, -0.2) is 9.48 Å². The van der Waals surface area contributed by atoms with E-state index in [-0.39, 0.29) is 6.03 Å². The van der Waals surface area contributed by atoms with E-state index in [1.165, 1.54) is 0 Å². The van der Waals surface area contributed by atoms with Crippen molar-refractivity contribution in [3.8, 4) is 0 Å². The lowest BCUT2D eigenvalue weighted by molar-refractivity contribution is 0.140. The summed E-state index contributed by atoms with van der Waals surface area (Å²) in [4.78, 5) is 13.8. The van der Waals surface area contributed by atoms with Gasteiger partial charge in [0.1, 0.15) is 5.82 Å². The van der Waals surface area contributed by atoms with Crippen LogP contribution >= 0.6 is 0 Å². The third kappa shape index (κ3) is 3.28. The first kappa shape index (κ1) is 13.9. The zero-order chi connectivity index (χ0) is 14.0. The van der Waals surface area contributed by atoms with Crippen molar-refractivity contribution in [2.45, 2.75) is 40.2 Å². The molecule has 1 atom stereocenters. The van der Waals surface area contributed by atoms with Gasteiger partial charge in [-0.1, -0.05) is 20.8 Å². The maximum atomic E-state index is 12.0. The highest BCUT2D eigenvalue weighted by atomic mass is 16.2. The van der Waals surface area contributed by atoms with Crippen LogP contribution in [0, 0.1) is 11.8 Å². The largest absolute Gasteiger partial charge is 0.324 e. The van der Waals surface area contributed by atoms with Crippen LogP contribution in [-0.2, 0) is 0 Å². The molecule has 1 fully saturated rings. The summed E-state index contributed by atoms with van der Waals surface area (Å²) in [5.74, 6) is 2.02. The van der Waals surface area contributed by atoms with E-state index in [0.29, 0.717) is 17.9 Å². The van der Waals surface area contributed by atoms with E-state index in [0.717, 1.165) is 25.3 Å². The molecular weight excluding hydrogens is 240 g/mol. The van der Waals surface area contributed by atoms with Gasteiger partial charge < -0.3 is 4.90 Å². The summed E-state index contributed by atoms with van der Waals surface area (Å²) in [6.45, 7) is 10.4. The fraction of sp³-hybridized carbons (Fsp3) is 0.714. The van der Waals surface area contributed by atoms with Crippen molar-refractivity contribution in [3.63, 3.8) is 0 Å². The first-order valence-electron chi connectivity index (χ1n) is 7.06. The van der Waals surface area contributed by atoms with Crippen LogP contribution < -0.4 is 5.32 Å². The Morgan fingerprint density at radius 1 is 1.47 bits per heavy atom. The summed E-state index contributed by atoms with van der Waals surface area (Å²) in [5, 5.41) is 7.28. The summed E-state index contributed by atoms with van der Waals surface area (Å²) in [5.41, 5.74) is 0. The molecular formula is C14H24N4O. The molecule has 0 aliphatic carbocycles. The zero-order valence-corrected chi connectivity index (χ0v) is 12.3. The molecule has 1 aromatic rings. The van der Waals surface area contributed by atoms with Crippen LogP contribution in [0.3, 0.4) is 0 Å². The van der Waals surface area contributed by atoms with Crippen LogP contribution in [0.4, 0.5) is 10.6 Å². The van der Waals surface area contributed by atoms with Crippen LogP contribution in [0.1, 0.15) is 40.2 Å². The maximum absolute atomic E-state index is 12.0. The minimum absolute atomic E-state index is 0.0170. The molecule has 2 rings (SSSR count). The van der Waals surface area contributed by atoms with Crippen molar-refractivity contribution >= 4 is 11.8 Å². The lowest BCUT2D eigenvalue weighted by atomic mass is 10.0. The molecule has 0 radical (unpaired) electrons. The van der Waals surface area contributed by atoms with Gasteiger partial charge in [-0.2, -0.15) is 5.10 Å². The number of likely N-dealkylation sites (tertiary alicyclic amines) is 1. The summed E-state index contributed by atoms with van der Waals surface area (Å²) < 4.78 is 1.90. The van der Waals surface area contributed by atoms with E-state index in [1.807, 2.05) is 15.6 Å². The number of carbonyl (C=O) groups excluding carboxylic acids is 1. The smallest absolute Gasteiger partial charge is 0.323 e. The minimum atomic E-state index is -0.0170. The van der Waals surface area contributed by atoms with Crippen LogP contribution in [0.5, 0.6) is 0 Å². The highest BCUT2D eigenvalue weighted by molar-refractivity contribution is 5.88. The van der Waals surface area contributed by atoms with Crippen LogP contribution in [0.25, 0.3) is 0 Å². The van der Waals surface area contributed by atoms with Gasteiger partial charge in [0.25, 0.3) is 0 Å². The molecule has 1 unspecified atom stereocenters. The molecule has 0 bridgehead atoms. The number of aromatic nitrogens is 2. The predicted molar refractivity (Wildman–Crippen MR) is 76.1 cm³/mol. The molecule has 1 N–H and O–H groups in total. The van der Waals surface area contributed by atoms with Crippen LogP contribution in [0.15, 0.2) is 12.3 Å². The first-order chi connectivity index (χ1) is 8.97. The standard InChI is InChI=1S/C14H24N4O/c1-10(2)7-12(4)18-13(5-6-15-18)16-14(19)17-8-11(3)9-17/h5-6,10-12H,7-9H2,1-4H3,(H,16,19). The number of rotatable bonds is 4. The number of nitrogens with one attached hydrogen (secondary N) is 1. The number of amides is 2. The number of hydrogen-bond donors (Lipinski definition) is 1. The summed E-state index contributed by atoms with van der Waals surface area (Å²) in [7, 11) is 0. The minimum Gasteiger partial charge on any atom is -0.324 e. The predicted octanol–water partition coefficient (Wildman–Crippen LogP) is 2.97. The quantitative estimate of drug-likeness (QED) is 0.909. The fourth-order valence-corrected chi connectivity index (χ4v) is 2.60. The number of urea groups is 1. The van der Waals surface area contributed by atoms with Crippen molar-refractivity contribution < 1.29 is 4.79 Å². The number of nitrogens with zero attached hydrogens (tertiary/aromatic N) is 3. The second-order valence-electron chi connectivity index (χ2n) is 6.08. The molecule has 0 aromatic carbocycles. The first-order valence-corrected chi connectivity index (χ1v) is 7.06. The second-order valence-corrected chi connectivity index (χ2v) is 6.08. The third-order valence-corrected chi connectivity index (χ3v) is 3.49. The number of anilines is 1. The Bertz CT molecular complexity index is 434. The Morgan fingerprint density at radius 2 is 2.16 bits per heavy atom. The molecule has 2 amide bonds. The van der Waals surface area contributed by atoms with Crippen molar-refractivity contribution in [1.29, 1.82) is 0 Å². The van der Waals surface area contributed by atoms with E-state index in [9.17, 15) is 4.79 Å². The Kier molecular flexibility index (Phi) is 4.12. The summed E-state index contributed by atoms with van der Waals surface area (Å²) in [6.07, 6.45) is 2.79. The molecule has 1 saturated heterocycles. The van der Waals surface area contributed by atoms with Gasteiger partial charge in [0.15, 0.2) is 0 Å². The van der Waals surface area contributed by atoms with Crippen molar-refractivity contribution in [2.75, 3.05) is 18.4 Å². The van der Waals surface area contributed by atoms with Gasteiger partial charge in [0.2, 0.25) is 0 Å². The average Bonchev–Trinajstić information content (AvgIpc) is 2.71. The lowest BCUT2D eigenvalue weighted by Gasteiger charge is -2.37.